The van der Waals surface area contributed by atoms with Crippen LogP contribution in [0.1, 0.15) is 107 Å². The van der Waals surface area contributed by atoms with Crippen LogP contribution in [0.2, 0.25) is 0 Å². The smallest absolute Gasteiger partial charge is 0.335 e. The Bertz CT molecular complexity index is 1960. The summed E-state index contributed by atoms with van der Waals surface area (Å²) in [5, 5.41) is 119. The van der Waals surface area contributed by atoms with Crippen LogP contribution in [0, 0.1) is 44.3 Å². The summed E-state index contributed by atoms with van der Waals surface area (Å²) in [5.74, 6) is -3.47. The fraction of sp³-hybridized carbons (Fsp3) is 0.875. The second-order valence-corrected chi connectivity index (χ2v) is 23.3. The lowest BCUT2D eigenvalue weighted by Gasteiger charge is -2.70. The van der Waals surface area contributed by atoms with Gasteiger partial charge in [0.25, 0.3) is 0 Å². The predicted molar refractivity (Wildman–Crippen MR) is 231 cm³/mol. The van der Waals surface area contributed by atoms with Crippen LogP contribution in [0.5, 0.6) is 0 Å². The summed E-state index contributed by atoms with van der Waals surface area (Å²) >= 11 is 0. The zero-order valence-corrected chi connectivity index (χ0v) is 39.7. The lowest BCUT2D eigenvalue weighted by Crippen LogP contribution is -2.68. The van der Waals surface area contributed by atoms with Gasteiger partial charge in [-0.15, -0.1) is 0 Å². The van der Waals surface area contributed by atoms with Gasteiger partial charge >= 0.3 is 11.9 Å². The van der Waals surface area contributed by atoms with Crippen LogP contribution >= 0.6 is 0 Å². The number of carboxylic acids is 2. The van der Waals surface area contributed by atoms with Crippen molar-refractivity contribution in [1.29, 1.82) is 0 Å². The average Bonchev–Trinajstić information content (AvgIpc) is 3.25. The van der Waals surface area contributed by atoms with Gasteiger partial charge in [-0.25, -0.2) is 9.59 Å². The summed E-state index contributed by atoms with van der Waals surface area (Å²) in [6.07, 6.45) is -19.5. The first-order chi connectivity index (χ1) is 31.1. The number of ether oxygens (including phenoxy) is 6. The SMILES string of the molecule is C[C@@H]1O[C@@H](O[C@H]2[C@H](O[C@H]3[C@H](O[C@H]4CC[C@@]5(C)[C@@H](CC[C@]6(C)[C@@H]5C=CC5=C7CC(C)(C)C[C@@H](O)[C@]7(C)CC[C@]56C)[C@@]4(C)CO)O[C@H](C(=O)O)[C@@H](O)[C@@H]3O)O[C@H](C(=O)O)[C@@H](O)[C@@H]2O)[C@H](O)[C@H](O)[C@H]1O. The summed E-state index contributed by atoms with van der Waals surface area (Å²) in [6.45, 7) is 16.6. The van der Waals surface area contributed by atoms with Crippen LogP contribution in [-0.4, -0.2) is 179 Å². The van der Waals surface area contributed by atoms with E-state index in [9.17, 15) is 65.8 Å². The normalized spacial score (nSPS) is 54.0. The van der Waals surface area contributed by atoms with Crippen molar-refractivity contribution in [3.63, 3.8) is 0 Å². The minimum atomic E-state index is -2.16. The Balaban J connectivity index is 1.10. The van der Waals surface area contributed by atoms with Crippen molar-refractivity contribution in [2.24, 2.45) is 44.3 Å². The van der Waals surface area contributed by atoms with Gasteiger partial charge in [-0.2, -0.15) is 0 Å². The number of aliphatic hydroxyl groups is 9. The monoisotopic (exact) mass is 954 g/mol. The molecule has 24 atom stereocenters. The average molecular weight is 955 g/mol. The summed E-state index contributed by atoms with van der Waals surface area (Å²) in [5.41, 5.74) is 0.590. The lowest BCUT2D eigenvalue weighted by molar-refractivity contribution is -0.393. The molecule has 8 aliphatic rings. The zero-order chi connectivity index (χ0) is 49.3. The quantitative estimate of drug-likeness (QED) is 0.142. The Morgan fingerprint density at radius 1 is 0.672 bits per heavy atom. The molecule has 3 saturated heterocycles. The van der Waals surface area contributed by atoms with Gasteiger partial charge in [-0.05, 0) is 97.4 Å². The standard InChI is InChI=1S/C48H74O19/c1-20-27(51)28(52)33(57)40(62-20)66-37-32(56)30(54)35(39(60)61)65-42(37)67-36-31(55)29(53)34(38(58)59)64-41(36)63-26-12-13-45(5)23(46(26,6)19-49)11-14-48(8)24(45)10-9-21-22-17-43(2,3)18-25(50)44(22,4)15-16-47(21,48)7/h9-10,20,23-37,40-42,49-57H,11-19H2,1-8H3,(H,58,59)(H,60,61)/t20-,23+,24+,25+,26-,27-,28+,29-,30-,31-,32-,33+,34-,35-,36+,37+,40-,41+,42-,44+,45-,46+,47+,48+/m0/s1. The van der Waals surface area contributed by atoms with E-state index in [-0.39, 0.29) is 45.5 Å². The first-order valence-corrected chi connectivity index (χ1v) is 24.0. The molecule has 0 bridgehead atoms. The van der Waals surface area contributed by atoms with Gasteiger partial charge < -0.3 is 84.6 Å². The Kier molecular flexibility index (Phi) is 13.4. The van der Waals surface area contributed by atoms with Crippen LogP contribution in [0.4, 0.5) is 0 Å². The molecule has 6 fully saturated rings. The molecule has 8 rings (SSSR count). The number of rotatable bonds is 9. The van der Waals surface area contributed by atoms with Crippen molar-refractivity contribution in [3.05, 3.63) is 23.3 Å². The molecule has 3 aliphatic heterocycles. The molecule has 11 N–H and O–H groups in total. The molecule has 0 aromatic heterocycles. The third kappa shape index (κ3) is 7.89. The van der Waals surface area contributed by atoms with Crippen molar-refractivity contribution >= 4 is 11.9 Å². The molecule has 0 aromatic carbocycles. The highest BCUT2D eigenvalue weighted by Crippen LogP contribution is 2.74. The Morgan fingerprint density at radius 2 is 1.24 bits per heavy atom. The number of aliphatic carboxylic acids is 2. The summed E-state index contributed by atoms with van der Waals surface area (Å²) in [7, 11) is 0. The van der Waals surface area contributed by atoms with Gasteiger partial charge in [0.05, 0.1) is 24.9 Å². The van der Waals surface area contributed by atoms with Gasteiger partial charge in [0, 0.05) is 10.8 Å². The molecule has 0 radical (unpaired) electrons. The number of carboxylic acid groups (broad SMARTS) is 2. The van der Waals surface area contributed by atoms with Gasteiger partial charge in [-0.1, -0.05) is 66.2 Å². The fourth-order valence-corrected chi connectivity index (χ4v) is 14.4. The Morgan fingerprint density at radius 3 is 1.81 bits per heavy atom. The Labute approximate surface area is 390 Å². The second-order valence-electron chi connectivity index (χ2n) is 23.3. The van der Waals surface area contributed by atoms with E-state index >= 15 is 0 Å². The highest BCUT2D eigenvalue weighted by atomic mass is 16.8. The van der Waals surface area contributed by atoms with E-state index in [0.29, 0.717) is 19.3 Å². The molecular weight excluding hydrogens is 881 g/mol. The summed E-state index contributed by atoms with van der Waals surface area (Å²) in [6, 6.07) is 0. The molecule has 5 aliphatic carbocycles. The molecule has 0 spiro atoms. The third-order valence-corrected chi connectivity index (χ3v) is 18.8. The minimum absolute atomic E-state index is 0.0492. The van der Waals surface area contributed by atoms with Gasteiger partial charge in [0.15, 0.2) is 31.1 Å². The second kappa shape index (κ2) is 17.5. The van der Waals surface area contributed by atoms with Crippen molar-refractivity contribution in [3.8, 4) is 0 Å². The van der Waals surface area contributed by atoms with E-state index in [1.165, 1.54) is 18.1 Å². The van der Waals surface area contributed by atoms with Crippen molar-refractivity contribution < 1.29 is 94.2 Å². The topological polar surface area (TPSA) is 312 Å². The van der Waals surface area contributed by atoms with Crippen LogP contribution in [0.25, 0.3) is 0 Å². The molecular formula is C48H74O19. The van der Waals surface area contributed by atoms with E-state index in [2.05, 4.69) is 53.7 Å². The molecule has 3 saturated carbocycles. The number of aliphatic hydroxyl groups excluding tert-OH is 9. The van der Waals surface area contributed by atoms with E-state index in [4.69, 9.17) is 28.4 Å². The number of hydrogen-bond acceptors (Lipinski definition) is 17. The van der Waals surface area contributed by atoms with Crippen molar-refractivity contribution in [2.75, 3.05) is 6.61 Å². The lowest BCUT2D eigenvalue weighted by atomic mass is 9.35. The highest BCUT2D eigenvalue weighted by molar-refractivity contribution is 5.74. The first-order valence-electron chi connectivity index (χ1n) is 24.0. The first kappa shape index (κ1) is 51.2. The van der Waals surface area contributed by atoms with Crippen molar-refractivity contribution in [2.45, 2.75) is 211 Å². The summed E-state index contributed by atoms with van der Waals surface area (Å²) in [4.78, 5) is 24.7. The van der Waals surface area contributed by atoms with E-state index in [0.717, 1.165) is 32.1 Å². The number of carbonyl (C=O) groups is 2. The van der Waals surface area contributed by atoms with Crippen LogP contribution in [-0.2, 0) is 38.0 Å². The van der Waals surface area contributed by atoms with E-state index < -0.39 is 122 Å². The van der Waals surface area contributed by atoms with Crippen LogP contribution in [0.3, 0.4) is 0 Å². The predicted octanol–water partition coefficient (Wildman–Crippen LogP) is 0.717. The molecule has 67 heavy (non-hydrogen) atoms. The molecule has 380 valence electrons. The molecule has 0 aromatic rings. The molecule has 3 heterocycles. The third-order valence-electron chi connectivity index (χ3n) is 18.8. The highest BCUT2D eigenvalue weighted by Gasteiger charge is 2.68. The number of allylic oxidation sites excluding steroid dienone is 3. The molecule has 0 amide bonds. The zero-order valence-electron chi connectivity index (χ0n) is 39.7. The van der Waals surface area contributed by atoms with Gasteiger partial charge in [0.2, 0.25) is 0 Å². The molecule has 19 heteroatoms. The van der Waals surface area contributed by atoms with E-state index in [1.54, 1.807) is 0 Å². The molecule has 0 unspecified atom stereocenters. The number of fused-ring (bicyclic) bond motifs is 6. The molecule has 19 nitrogen and oxygen atoms in total. The summed E-state index contributed by atoms with van der Waals surface area (Å²) < 4.78 is 35.6. The fourth-order valence-electron chi connectivity index (χ4n) is 14.4. The van der Waals surface area contributed by atoms with Crippen molar-refractivity contribution in [1.82, 2.24) is 0 Å². The number of hydrogen-bond donors (Lipinski definition) is 11. The maximum atomic E-state index is 12.5. The van der Waals surface area contributed by atoms with Crippen LogP contribution in [0.15, 0.2) is 23.3 Å². The Hall–Kier alpha value is -2.18. The largest absolute Gasteiger partial charge is 0.479 e. The maximum Gasteiger partial charge on any atom is 0.335 e. The minimum Gasteiger partial charge on any atom is -0.479 e. The maximum absolute atomic E-state index is 12.5. The van der Waals surface area contributed by atoms with Crippen LogP contribution < -0.4 is 0 Å². The van der Waals surface area contributed by atoms with E-state index in [1.807, 2.05) is 6.92 Å². The van der Waals surface area contributed by atoms with Gasteiger partial charge in [0.1, 0.15) is 54.9 Å². The van der Waals surface area contributed by atoms with Gasteiger partial charge in [-0.3, -0.25) is 0 Å².